The molecule has 0 bridgehead atoms. The van der Waals surface area contributed by atoms with Gasteiger partial charge in [-0.15, -0.1) is 0 Å². The van der Waals surface area contributed by atoms with Crippen LogP contribution in [0, 0.1) is 11.8 Å². The first-order valence-electron chi connectivity index (χ1n) is 3.66. The summed E-state index contributed by atoms with van der Waals surface area (Å²) in [7, 11) is 1.72. The zero-order valence-electron chi connectivity index (χ0n) is 7.24. The average Bonchev–Trinajstić information content (AvgIpc) is 2.35. The van der Waals surface area contributed by atoms with E-state index in [-0.39, 0.29) is 6.42 Å². The topological polar surface area (TPSA) is 86.9 Å². The first kappa shape index (κ1) is 9.13. The Bertz CT molecular complexity index is 383. The van der Waals surface area contributed by atoms with E-state index in [0.717, 1.165) is 0 Å². The van der Waals surface area contributed by atoms with Crippen LogP contribution in [0.4, 0.5) is 5.82 Å². The van der Waals surface area contributed by atoms with Gasteiger partial charge in [0.1, 0.15) is 5.82 Å². The lowest BCUT2D eigenvalue weighted by Crippen LogP contribution is -2.08. The summed E-state index contributed by atoms with van der Waals surface area (Å²) >= 11 is 0. The maximum Gasteiger partial charge on any atom is 0.229 e. The molecule has 0 aliphatic carbocycles. The third-order valence-electron chi connectivity index (χ3n) is 1.47. The van der Waals surface area contributed by atoms with E-state index in [4.69, 9.17) is 11.5 Å². The largest absolute Gasteiger partial charge is 0.383 e. The van der Waals surface area contributed by atoms with Gasteiger partial charge in [-0.2, -0.15) is 5.10 Å². The van der Waals surface area contributed by atoms with E-state index < -0.39 is 5.91 Å². The van der Waals surface area contributed by atoms with E-state index in [1.807, 2.05) is 0 Å². The molecule has 0 spiro atoms. The van der Waals surface area contributed by atoms with Gasteiger partial charge in [-0.05, 0) is 0 Å². The molecule has 0 saturated heterocycles. The number of hydrogen-bond donors (Lipinski definition) is 2. The Morgan fingerprint density at radius 1 is 1.77 bits per heavy atom. The van der Waals surface area contributed by atoms with Gasteiger partial charge in [0.05, 0.1) is 18.2 Å². The molecule has 1 aromatic rings. The number of aromatic nitrogens is 2. The van der Waals surface area contributed by atoms with Gasteiger partial charge in [-0.1, -0.05) is 11.8 Å². The summed E-state index contributed by atoms with van der Waals surface area (Å²) in [5.41, 5.74) is 11.1. The number of aryl methyl sites for hydroxylation is 1. The SMILES string of the molecule is Cn1ncc(C#CCC(N)=O)c1N. The van der Waals surface area contributed by atoms with Gasteiger partial charge >= 0.3 is 0 Å². The summed E-state index contributed by atoms with van der Waals surface area (Å²) in [6.45, 7) is 0. The van der Waals surface area contributed by atoms with Crippen LogP contribution in [0.1, 0.15) is 12.0 Å². The van der Waals surface area contributed by atoms with Crippen LogP contribution in [0.3, 0.4) is 0 Å². The Balaban J connectivity index is 2.77. The van der Waals surface area contributed by atoms with Crippen molar-refractivity contribution >= 4 is 11.7 Å². The highest BCUT2D eigenvalue weighted by molar-refractivity contribution is 5.76. The minimum Gasteiger partial charge on any atom is -0.383 e. The van der Waals surface area contributed by atoms with Gasteiger partial charge < -0.3 is 11.5 Å². The van der Waals surface area contributed by atoms with Crippen LogP contribution in [0.15, 0.2) is 6.20 Å². The highest BCUT2D eigenvalue weighted by atomic mass is 16.1. The number of carbonyl (C=O) groups excluding carboxylic acids is 1. The van der Waals surface area contributed by atoms with E-state index in [2.05, 4.69) is 16.9 Å². The molecular formula is C8H10N4O. The molecule has 1 heterocycles. The Morgan fingerprint density at radius 3 is 2.92 bits per heavy atom. The summed E-state index contributed by atoms with van der Waals surface area (Å²) in [6.07, 6.45) is 1.58. The molecule has 5 nitrogen and oxygen atoms in total. The second-order valence-electron chi connectivity index (χ2n) is 2.51. The molecule has 0 aliphatic rings. The maximum absolute atomic E-state index is 10.3. The standard InChI is InChI=1S/C8H10N4O/c1-12-8(10)6(5-11-12)3-2-4-7(9)13/h5H,4,10H2,1H3,(H2,9,13). The van der Waals surface area contributed by atoms with Crippen molar-refractivity contribution in [2.24, 2.45) is 12.8 Å². The molecule has 0 unspecified atom stereocenters. The van der Waals surface area contributed by atoms with E-state index in [1.165, 1.54) is 4.68 Å². The van der Waals surface area contributed by atoms with Crippen molar-refractivity contribution in [2.45, 2.75) is 6.42 Å². The fourth-order valence-electron chi connectivity index (χ4n) is 0.770. The Morgan fingerprint density at radius 2 is 2.46 bits per heavy atom. The van der Waals surface area contributed by atoms with Crippen LogP contribution >= 0.6 is 0 Å². The highest BCUT2D eigenvalue weighted by Gasteiger charge is 1.99. The normalized spacial score (nSPS) is 9.00. The first-order valence-corrected chi connectivity index (χ1v) is 3.66. The first-order chi connectivity index (χ1) is 6.11. The molecule has 0 aromatic carbocycles. The third-order valence-corrected chi connectivity index (χ3v) is 1.47. The minimum atomic E-state index is -0.449. The van der Waals surface area contributed by atoms with Crippen molar-refractivity contribution in [3.8, 4) is 11.8 Å². The van der Waals surface area contributed by atoms with Gasteiger partial charge in [0, 0.05) is 7.05 Å². The van der Waals surface area contributed by atoms with Crippen molar-refractivity contribution in [2.75, 3.05) is 5.73 Å². The number of nitrogen functional groups attached to an aromatic ring is 1. The number of nitrogens with two attached hydrogens (primary N) is 2. The lowest BCUT2D eigenvalue weighted by atomic mass is 10.3. The fraction of sp³-hybridized carbons (Fsp3) is 0.250. The number of amides is 1. The van der Waals surface area contributed by atoms with Crippen molar-refractivity contribution in [3.63, 3.8) is 0 Å². The average molecular weight is 178 g/mol. The molecule has 0 radical (unpaired) electrons. The molecule has 13 heavy (non-hydrogen) atoms. The van der Waals surface area contributed by atoms with Crippen molar-refractivity contribution in [3.05, 3.63) is 11.8 Å². The number of nitrogens with zero attached hydrogens (tertiary/aromatic N) is 2. The number of carbonyl (C=O) groups is 1. The van der Waals surface area contributed by atoms with Gasteiger partial charge in [-0.3, -0.25) is 9.48 Å². The molecule has 68 valence electrons. The van der Waals surface area contributed by atoms with E-state index in [9.17, 15) is 4.79 Å². The van der Waals surface area contributed by atoms with Crippen LogP contribution in [-0.4, -0.2) is 15.7 Å². The van der Waals surface area contributed by atoms with E-state index in [0.29, 0.717) is 11.4 Å². The summed E-state index contributed by atoms with van der Waals surface area (Å²) < 4.78 is 1.51. The van der Waals surface area contributed by atoms with Crippen LogP contribution in [0.25, 0.3) is 0 Å². The predicted molar refractivity (Wildman–Crippen MR) is 48.3 cm³/mol. The fourth-order valence-corrected chi connectivity index (χ4v) is 0.770. The number of hydrogen-bond acceptors (Lipinski definition) is 3. The predicted octanol–water partition coefficient (Wildman–Crippen LogP) is -0.771. The molecule has 0 atom stereocenters. The maximum atomic E-state index is 10.3. The van der Waals surface area contributed by atoms with E-state index in [1.54, 1.807) is 13.2 Å². The van der Waals surface area contributed by atoms with Crippen LogP contribution in [-0.2, 0) is 11.8 Å². The lowest BCUT2D eigenvalue weighted by Gasteiger charge is -1.91. The van der Waals surface area contributed by atoms with Crippen molar-refractivity contribution in [1.82, 2.24) is 9.78 Å². The molecular weight excluding hydrogens is 168 g/mol. The summed E-state index contributed by atoms with van der Waals surface area (Å²) in [5.74, 6) is 5.34. The third kappa shape index (κ3) is 2.24. The number of anilines is 1. The summed E-state index contributed by atoms with van der Waals surface area (Å²) in [5, 5.41) is 3.89. The molecule has 0 aliphatic heterocycles. The van der Waals surface area contributed by atoms with Crippen LogP contribution in [0.5, 0.6) is 0 Å². The second kappa shape index (κ2) is 3.63. The number of primary amides is 1. The Labute approximate surface area is 75.7 Å². The Hall–Kier alpha value is -1.96. The molecule has 5 heteroatoms. The van der Waals surface area contributed by atoms with Gasteiger partial charge in [0.2, 0.25) is 5.91 Å². The summed E-state index contributed by atoms with van der Waals surface area (Å²) in [6, 6.07) is 0. The van der Waals surface area contributed by atoms with Crippen molar-refractivity contribution < 1.29 is 4.79 Å². The lowest BCUT2D eigenvalue weighted by molar-refractivity contribution is -0.117. The van der Waals surface area contributed by atoms with Crippen molar-refractivity contribution in [1.29, 1.82) is 0 Å². The molecule has 1 aromatic heterocycles. The van der Waals surface area contributed by atoms with Gasteiger partial charge in [-0.25, -0.2) is 0 Å². The van der Waals surface area contributed by atoms with E-state index >= 15 is 0 Å². The van der Waals surface area contributed by atoms with Gasteiger partial charge in [0.25, 0.3) is 0 Å². The minimum absolute atomic E-state index is 0.0360. The number of rotatable bonds is 1. The zero-order valence-corrected chi connectivity index (χ0v) is 7.24. The smallest absolute Gasteiger partial charge is 0.229 e. The van der Waals surface area contributed by atoms with Gasteiger partial charge in [0.15, 0.2) is 0 Å². The Kier molecular flexibility index (Phi) is 2.55. The molecule has 4 N–H and O–H groups in total. The molecule has 0 fully saturated rings. The monoisotopic (exact) mass is 178 g/mol. The molecule has 1 amide bonds. The van der Waals surface area contributed by atoms with Crippen LogP contribution < -0.4 is 11.5 Å². The summed E-state index contributed by atoms with van der Waals surface area (Å²) in [4.78, 5) is 10.3. The highest BCUT2D eigenvalue weighted by Crippen LogP contribution is 2.06. The molecule has 0 saturated carbocycles. The second-order valence-corrected chi connectivity index (χ2v) is 2.51. The zero-order chi connectivity index (χ0) is 9.84. The quantitative estimate of drug-likeness (QED) is 0.553. The molecule has 1 rings (SSSR count). The van der Waals surface area contributed by atoms with Crippen LogP contribution in [0.2, 0.25) is 0 Å².